The normalized spacial score (nSPS) is 31.3. The topological polar surface area (TPSA) is 43.4 Å². The molecular formula is C11H18O3. The summed E-state index contributed by atoms with van der Waals surface area (Å²) < 4.78 is 5.14. The third-order valence-corrected chi connectivity index (χ3v) is 2.92. The summed E-state index contributed by atoms with van der Waals surface area (Å²) in [6, 6.07) is 0. The summed E-state index contributed by atoms with van der Waals surface area (Å²) in [7, 11) is 0. The first kappa shape index (κ1) is 11.2. The van der Waals surface area contributed by atoms with Gasteiger partial charge in [-0.25, -0.2) is 0 Å². The van der Waals surface area contributed by atoms with E-state index in [1.165, 1.54) is 6.92 Å². The highest BCUT2D eigenvalue weighted by Crippen LogP contribution is 2.39. The van der Waals surface area contributed by atoms with E-state index in [4.69, 9.17) is 4.74 Å². The average molecular weight is 198 g/mol. The molecule has 14 heavy (non-hydrogen) atoms. The van der Waals surface area contributed by atoms with Crippen molar-refractivity contribution in [2.24, 2.45) is 5.41 Å². The van der Waals surface area contributed by atoms with Crippen LogP contribution >= 0.6 is 0 Å². The predicted molar refractivity (Wildman–Crippen MR) is 52.8 cm³/mol. The Morgan fingerprint density at radius 3 is 2.36 bits per heavy atom. The molecule has 1 saturated carbocycles. The number of carbonyl (C=O) groups is 2. The van der Waals surface area contributed by atoms with Crippen LogP contribution in [0.5, 0.6) is 0 Å². The SMILES string of the molecule is CC(=O)O[C@@]1(C)CCCC(C)(C)C1=O. The van der Waals surface area contributed by atoms with Crippen LogP contribution in [0.1, 0.15) is 47.0 Å². The van der Waals surface area contributed by atoms with Crippen molar-refractivity contribution in [1.82, 2.24) is 0 Å². The van der Waals surface area contributed by atoms with Crippen molar-refractivity contribution < 1.29 is 14.3 Å². The Kier molecular flexibility index (Phi) is 2.70. The lowest BCUT2D eigenvalue weighted by Gasteiger charge is -2.39. The first-order valence-corrected chi connectivity index (χ1v) is 5.02. The first-order chi connectivity index (χ1) is 6.28. The van der Waals surface area contributed by atoms with Crippen LogP contribution in [0.4, 0.5) is 0 Å². The molecule has 0 spiro atoms. The van der Waals surface area contributed by atoms with Crippen molar-refractivity contribution in [1.29, 1.82) is 0 Å². The van der Waals surface area contributed by atoms with Crippen LogP contribution in [0, 0.1) is 5.41 Å². The summed E-state index contributed by atoms with van der Waals surface area (Å²) >= 11 is 0. The maximum absolute atomic E-state index is 12.0. The first-order valence-electron chi connectivity index (χ1n) is 5.02. The lowest BCUT2D eigenvalue weighted by molar-refractivity contribution is -0.172. The van der Waals surface area contributed by atoms with Gasteiger partial charge in [0.15, 0.2) is 11.4 Å². The highest BCUT2D eigenvalue weighted by molar-refractivity contribution is 5.93. The third kappa shape index (κ3) is 1.97. The van der Waals surface area contributed by atoms with Gasteiger partial charge in [-0.05, 0) is 26.2 Å². The van der Waals surface area contributed by atoms with Crippen LogP contribution in [-0.4, -0.2) is 17.4 Å². The van der Waals surface area contributed by atoms with E-state index in [2.05, 4.69) is 0 Å². The van der Waals surface area contributed by atoms with Crippen molar-refractivity contribution >= 4 is 11.8 Å². The van der Waals surface area contributed by atoms with Gasteiger partial charge in [0.25, 0.3) is 0 Å². The van der Waals surface area contributed by atoms with Crippen LogP contribution < -0.4 is 0 Å². The second-order valence-corrected chi connectivity index (χ2v) is 4.89. The quantitative estimate of drug-likeness (QED) is 0.606. The lowest BCUT2D eigenvalue weighted by Crippen LogP contribution is -2.50. The van der Waals surface area contributed by atoms with Crippen LogP contribution in [0.25, 0.3) is 0 Å². The third-order valence-electron chi connectivity index (χ3n) is 2.92. The van der Waals surface area contributed by atoms with E-state index in [1.54, 1.807) is 6.92 Å². The summed E-state index contributed by atoms with van der Waals surface area (Å²) in [5.41, 5.74) is -1.25. The molecule has 0 saturated heterocycles. The Labute approximate surface area is 84.8 Å². The minimum absolute atomic E-state index is 0.0476. The number of carbonyl (C=O) groups excluding carboxylic acids is 2. The molecule has 3 nitrogen and oxygen atoms in total. The van der Waals surface area contributed by atoms with Crippen LogP contribution in [0.3, 0.4) is 0 Å². The molecule has 0 radical (unpaired) electrons. The Bertz CT molecular complexity index is 268. The minimum atomic E-state index is -0.895. The van der Waals surface area contributed by atoms with E-state index in [-0.39, 0.29) is 17.2 Å². The van der Waals surface area contributed by atoms with Crippen LogP contribution in [0.15, 0.2) is 0 Å². The second kappa shape index (κ2) is 3.37. The molecule has 0 amide bonds. The molecule has 1 rings (SSSR count). The Balaban J connectivity index is 2.88. The molecular weight excluding hydrogens is 180 g/mol. The molecule has 0 unspecified atom stereocenters. The highest BCUT2D eigenvalue weighted by Gasteiger charge is 2.47. The predicted octanol–water partition coefficient (Wildman–Crippen LogP) is 2.09. The Morgan fingerprint density at radius 2 is 1.86 bits per heavy atom. The zero-order valence-corrected chi connectivity index (χ0v) is 9.35. The smallest absolute Gasteiger partial charge is 0.303 e. The van der Waals surface area contributed by atoms with Gasteiger partial charge >= 0.3 is 5.97 Å². The van der Waals surface area contributed by atoms with E-state index >= 15 is 0 Å². The Hall–Kier alpha value is -0.860. The molecule has 0 N–H and O–H groups in total. The Morgan fingerprint density at radius 1 is 1.29 bits per heavy atom. The van der Waals surface area contributed by atoms with Gasteiger partial charge in [-0.3, -0.25) is 9.59 Å². The molecule has 80 valence electrons. The van der Waals surface area contributed by atoms with Gasteiger partial charge in [-0.1, -0.05) is 13.8 Å². The van der Waals surface area contributed by atoms with Crippen molar-refractivity contribution in [2.45, 2.75) is 52.6 Å². The van der Waals surface area contributed by atoms with E-state index in [0.29, 0.717) is 6.42 Å². The van der Waals surface area contributed by atoms with Crippen LogP contribution in [0.2, 0.25) is 0 Å². The molecule has 0 aromatic carbocycles. The maximum Gasteiger partial charge on any atom is 0.303 e. The molecule has 0 heterocycles. The van der Waals surface area contributed by atoms with Crippen molar-refractivity contribution in [2.75, 3.05) is 0 Å². The summed E-state index contributed by atoms with van der Waals surface area (Å²) in [4.78, 5) is 22.9. The number of rotatable bonds is 1. The fourth-order valence-corrected chi connectivity index (χ4v) is 2.23. The van der Waals surface area contributed by atoms with Crippen LogP contribution in [-0.2, 0) is 14.3 Å². The molecule has 1 aliphatic carbocycles. The summed E-state index contributed by atoms with van der Waals surface area (Å²) in [6.07, 6.45) is 2.46. The van der Waals surface area contributed by atoms with Crippen molar-refractivity contribution in [3.05, 3.63) is 0 Å². The van der Waals surface area contributed by atoms with E-state index in [0.717, 1.165) is 12.8 Å². The largest absolute Gasteiger partial charge is 0.452 e. The number of Topliss-reactive ketones (excluding diaryl/α,β-unsaturated/α-hetero) is 1. The standard InChI is InChI=1S/C11H18O3/c1-8(12)14-11(4)7-5-6-10(2,3)9(11)13/h5-7H2,1-4H3/t11-/m0/s1. The number of hydrogen-bond donors (Lipinski definition) is 0. The number of ketones is 1. The molecule has 1 atom stereocenters. The monoisotopic (exact) mass is 198 g/mol. The number of esters is 1. The summed E-state index contributed by atoms with van der Waals surface area (Å²) in [6.45, 7) is 6.89. The zero-order chi connectivity index (χ0) is 11.0. The number of hydrogen-bond acceptors (Lipinski definition) is 3. The average Bonchev–Trinajstić information content (AvgIpc) is 1.98. The van der Waals surface area contributed by atoms with Gasteiger partial charge in [0.1, 0.15) is 0 Å². The van der Waals surface area contributed by atoms with Crippen molar-refractivity contribution in [3.8, 4) is 0 Å². The molecule has 1 fully saturated rings. The van der Waals surface area contributed by atoms with Gasteiger partial charge in [0.2, 0.25) is 0 Å². The maximum atomic E-state index is 12.0. The molecule has 0 bridgehead atoms. The van der Waals surface area contributed by atoms with E-state index < -0.39 is 5.60 Å². The zero-order valence-electron chi connectivity index (χ0n) is 9.35. The van der Waals surface area contributed by atoms with Gasteiger partial charge < -0.3 is 4.74 Å². The minimum Gasteiger partial charge on any atom is -0.452 e. The van der Waals surface area contributed by atoms with Gasteiger partial charge in [0, 0.05) is 12.3 Å². The second-order valence-electron chi connectivity index (χ2n) is 4.89. The number of ether oxygens (including phenoxy) is 1. The molecule has 0 aromatic rings. The fraction of sp³-hybridized carbons (Fsp3) is 0.818. The molecule has 0 aliphatic heterocycles. The van der Waals surface area contributed by atoms with Gasteiger partial charge in [-0.15, -0.1) is 0 Å². The van der Waals surface area contributed by atoms with Gasteiger partial charge in [-0.2, -0.15) is 0 Å². The summed E-state index contributed by atoms with van der Waals surface area (Å²) in [5, 5.41) is 0. The molecule has 0 aromatic heterocycles. The van der Waals surface area contributed by atoms with Gasteiger partial charge in [0.05, 0.1) is 0 Å². The van der Waals surface area contributed by atoms with E-state index in [9.17, 15) is 9.59 Å². The lowest BCUT2D eigenvalue weighted by atomic mass is 9.69. The molecule has 3 heteroatoms. The molecule has 1 aliphatic rings. The van der Waals surface area contributed by atoms with E-state index in [1.807, 2.05) is 13.8 Å². The summed E-state index contributed by atoms with van der Waals surface area (Å²) in [5.74, 6) is -0.329. The van der Waals surface area contributed by atoms with Crippen molar-refractivity contribution in [3.63, 3.8) is 0 Å². The fourth-order valence-electron chi connectivity index (χ4n) is 2.23. The highest BCUT2D eigenvalue weighted by atomic mass is 16.6.